The second-order valence-electron chi connectivity index (χ2n) is 5.19. The predicted molar refractivity (Wildman–Crippen MR) is 76.7 cm³/mol. The molecule has 0 bridgehead atoms. The van der Waals surface area contributed by atoms with E-state index in [4.69, 9.17) is 9.84 Å². The van der Waals surface area contributed by atoms with Gasteiger partial charge in [0.15, 0.2) is 6.10 Å². The zero-order chi connectivity index (χ0) is 18.8. The summed E-state index contributed by atoms with van der Waals surface area (Å²) in [4.78, 5) is 35.8. The maximum atomic E-state index is 12.6. The Hall–Kier alpha value is -2.62. The molecule has 2 atom stereocenters. The van der Waals surface area contributed by atoms with E-state index in [9.17, 15) is 27.6 Å². The monoisotopic (exact) mass is 361 g/mol. The molecule has 10 heteroatoms. The van der Waals surface area contributed by atoms with Gasteiger partial charge in [-0.3, -0.25) is 9.59 Å². The number of rotatable bonds is 4. The Morgan fingerprint density at radius 1 is 1.32 bits per heavy atom. The third-order valence-corrected chi connectivity index (χ3v) is 3.44. The summed E-state index contributed by atoms with van der Waals surface area (Å²) in [6, 6.07) is 3.83. The van der Waals surface area contributed by atoms with Crippen molar-refractivity contribution in [1.82, 2.24) is 0 Å². The number of hydrogen-bond donors (Lipinski definition) is 1. The van der Waals surface area contributed by atoms with Gasteiger partial charge in [-0.1, -0.05) is 0 Å². The summed E-state index contributed by atoms with van der Waals surface area (Å²) >= 11 is 0. The topological polar surface area (TPSA) is 93.1 Å². The number of aliphatic carboxylic acids is 1. The van der Waals surface area contributed by atoms with E-state index < -0.39 is 41.8 Å². The summed E-state index contributed by atoms with van der Waals surface area (Å²) in [7, 11) is 0. The van der Waals surface area contributed by atoms with Crippen LogP contribution in [-0.2, 0) is 30.0 Å². The molecule has 2 unspecified atom stereocenters. The fourth-order valence-electron chi connectivity index (χ4n) is 2.33. The molecular weight excluding hydrogens is 347 g/mol. The maximum absolute atomic E-state index is 12.6. The number of benzene rings is 1. The van der Waals surface area contributed by atoms with E-state index in [1.165, 1.54) is 0 Å². The van der Waals surface area contributed by atoms with Crippen molar-refractivity contribution in [3.63, 3.8) is 0 Å². The lowest BCUT2D eigenvalue weighted by Crippen LogP contribution is -2.55. The number of carbonyl (C=O) groups excluding carboxylic acids is 2. The number of carboxylic acid groups (broad SMARTS) is 1. The van der Waals surface area contributed by atoms with Crippen molar-refractivity contribution in [2.75, 3.05) is 18.1 Å². The Bertz CT molecular complexity index is 673. The number of amides is 1. The van der Waals surface area contributed by atoms with Crippen LogP contribution >= 0.6 is 0 Å². The number of alkyl halides is 3. The molecule has 0 saturated carbocycles. The molecule has 0 radical (unpaired) electrons. The molecule has 1 aromatic rings. The van der Waals surface area contributed by atoms with Crippen molar-refractivity contribution in [1.29, 1.82) is 0 Å². The molecule has 0 aromatic heterocycles. The first-order chi connectivity index (χ1) is 11.6. The summed E-state index contributed by atoms with van der Waals surface area (Å²) in [6.07, 6.45) is -7.94. The van der Waals surface area contributed by atoms with Gasteiger partial charge in [0.2, 0.25) is 6.10 Å². The Balaban J connectivity index is 2.24. The third kappa shape index (κ3) is 4.27. The standard InChI is InChI=1S/C15H14F3NO6/c1-8(20)25-12(14(22)23)11-13(21)19(6-7-24-11)10-4-2-9(3-5-10)15(16,17)18/h2-5,11-12H,6-7H2,1H3,(H,22,23). The van der Waals surface area contributed by atoms with Gasteiger partial charge < -0.3 is 19.5 Å². The molecule has 25 heavy (non-hydrogen) atoms. The summed E-state index contributed by atoms with van der Waals surface area (Å²) in [5.74, 6) is -3.29. The van der Waals surface area contributed by atoms with Gasteiger partial charge >= 0.3 is 18.1 Å². The van der Waals surface area contributed by atoms with E-state index in [0.717, 1.165) is 36.1 Å². The van der Waals surface area contributed by atoms with Gasteiger partial charge in [-0.05, 0) is 24.3 Å². The van der Waals surface area contributed by atoms with E-state index in [2.05, 4.69) is 4.74 Å². The third-order valence-electron chi connectivity index (χ3n) is 3.44. The minimum absolute atomic E-state index is 0.0209. The molecule has 1 N–H and O–H groups in total. The van der Waals surface area contributed by atoms with Crippen LogP contribution < -0.4 is 4.90 Å². The number of esters is 1. The summed E-state index contributed by atoms with van der Waals surface area (Å²) in [6.45, 7) is 0.937. The van der Waals surface area contributed by atoms with Crippen molar-refractivity contribution in [2.24, 2.45) is 0 Å². The second kappa shape index (κ2) is 7.09. The van der Waals surface area contributed by atoms with Gasteiger partial charge in [0.05, 0.1) is 12.2 Å². The van der Waals surface area contributed by atoms with Crippen LogP contribution in [0, 0.1) is 0 Å². The van der Waals surface area contributed by atoms with Crippen molar-refractivity contribution < 1.29 is 42.1 Å². The number of ether oxygens (including phenoxy) is 2. The fraction of sp³-hybridized carbons (Fsp3) is 0.400. The Labute approximate surface area is 139 Å². The van der Waals surface area contributed by atoms with Crippen molar-refractivity contribution in [2.45, 2.75) is 25.3 Å². The van der Waals surface area contributed by atoms with E-state index in [0.29, 0.717) is 0 Å². The molecule has 1 amide bonds. The van der Waals surface area contributed by atoms with Crippen LogP contribution in [-0.4, -0.2) is 48.3 Å². The molecule has 136 valence electrons. The van der Waals surface area contributed by atoms with Crippen molar-refractivity contribution in [3.05, 3.63) is 29.8 Å². The molecule has 7 nitrogen and oxygen atoms in total. The quantitative estimate of drug-likeness (QED) is 0.816. The molecule has 1 aliphatic rings. The highest BCUT2D eigenvalue weighted by atomic mass is 19.4. The molecule has 1 aromatic carbocycles. The maximum Gasteiger partial charge on any atom is 0.416 e. The number of morpholine rings is 1. The Morgan fingerprint density at radius 3 is 2.40 bits per heavy atom. The Morgan fingerprint density at radius 2 is 1.92 bits per heavy atom. The minimum atomic E-state index is -4.51. The minimum Gasteiger partial charge on any atom is -0.478 e. The van der Waals surface area contributed by atoms with Crippen LogP contribution in [0.25, 0.3) is 0 Å². The summed E-state index contributed by atoms with van der Waals surface area (Å²) in [5.41, 5.74) is -0.727. The van der Waals surface area contributed by atoms with Crippen LogP contribution in [0.2, 0.25) is 0 Å². The van der Waals surface area contributed by atoms with E-state index in [1.807, 2.05) is 0 Å². The normalized spacial score (nSPS) is 19.4. The summed E-state index contributed by atoms with van der Waals surface area (Å²) < 4.78 is 47.5. The lowest BCUT2D eigenvalue weighted by molar-refractivity contribution is -0.177. The zero-order valence-corrected chi connectivity index (χ0v) is 12.9. The zero-order valence-electron chi connectivity index (χ0n) is 12.9. The molecular formula is C15H14F3NO6. The molecule has 1 fully saturated rings. The molecule has 1 heterocycles. The highest BCUT2D eigenvalue weighted by Crippen LogP contribution is 2.31. The first kappa shape index (κ1) is 18.7. The van der Waals surface area contributed by atoms with Crippen LogP contribution in [0.1, 0.15) is 12.5 Å². The smallest absolute Gasteiger partial charge is 0.416 e. The fourth-order valence-corrected chi connectivity index (χ4v) is 2.33. The molecule has 1 saturated heterocycles. The highest BCUT2D eigenvalue weighted by molar-refractivity contribution is 6.00. The van der Waals surface area contributed by atoms with Crippen LogP contribution in [0.5, 0.6) is 0 Å². The Kier molecular flexibility index (Phi) is 5.31. The van der Waals surface area contributed by atoms with Crippen molar-refractivity contribution in [3.8, 4) is 0 Å². The van der Waals surface area contributed by atoms with Gasteiger partial charge in [-0.15, -0.1) is 0 Å². The molecule has 1 aliphatic heterocycles. The number of anilines is 1. The SMILES string of the molecule is CC(=O)OC(C(=O)O)C1OCCN(c2ccc(C(F)(F)F)cc2)C1=O. The largest absolute Gasteiger partial charge is 0.478 e. The van der Waals surface area contributed by atoms with Gasteiger partial charge in [0.25, 0.3) is 5.91 Å². The van der Waals surface area contributed by atoms with Gasteiger partial charge in [0.1, 0.15) is 0 Å². The predicted octanol–water partition coefficient (Wildman–Crippen LogP) is 1.45. The number of halogens is 3. The van der Waals surface area contributed by atoms with E-state index in [-0.39, 0.29) is 18.8 Å². The average Bonchev–Trinajstić information content (AvgIpc) is 2.52. The lowest BCUT2D eigenvalue weighted by atomic mass is 10.1. The number of hydrogen-bond acceptors (Lipinski definition) is 5. The van der Waals surface area contributed by atoms with E-state index in [1.54, 1.807) is 0 Å². The number of nitrogens with zero attached hydrogens (tertiary/aromatic N) is 1. The summed E-state index contributed by atoms with van der Waals surface area (Å²) in [5, 5.41) is 9.12. The first-order valence-electron chi connectivity index (χ1n) is 7.11. The van der Waals surface area contributed by atoms with Crippen LogP contribution in [0.4, 0.5) is 18.9 Å². The van der Waals surface area contributed by atoms with Gasteiger partial charge in [0, 0.05) is 19.2 Å². The molecule has 0 spiro atoms. The second-order valence-corrected chi connectivity index (χ2v) is 5.19. The highest BCUT2D eigenvalue weighted by Gasteiger charge is 2.42. The van der Waals surface area contributed by atoms with E-state index >= 15 is 0 Å². The van der Waals surface area contributed by atoms with Crippen molar-refractivity contribution >= 4 is 23.5 Å². The first-order valence-corrected chi connectivity index (χ1v) is 7.11. The van der Waals surface area contributed by atoms with Gasteiger partial charge in [-0.2, -0.15) is 13.2 Å². The molecule has 0 aliphatic carbocycles. The lowest BCUT2D eigenvalue weighted by Gasteiger charge is -2.34. The number of carbonyl (C=O) groups is 3. The van der Waals surface area contributed by atoms with Crippen LogP contribution in [0.3, 0.4) is 0 Å². The average molecular weight is 361 g/mol. The molecule has 2 rings (SSSR count). The van der Waals surface area contributed by atoms with Crippen LogP contribution in [0.15, 0.2) is 24.3 Å². The number of carboxylic acids is 1. The van der Waals surface area contributed by atoms with Gasteiger partial charge in [-0.25, -0.2) is 4.79 Å².